The van der Waals surface area contributed by atoms with Crippen LogP contribution in [0.5, 0.6) is 0 Å². The number of nitrogens with one attached hydrogen (secondary N) is 1. The Balaban J connectivity index is 4.04. The number of amides is 1. The molecule has 0 saturated heterocycles. The first kappa shape index (κ1) is 37.8. The van der Waals surface area contributed by atoms with Gasteiger partial charge in [0.15, 0.2) is 0 Å². The van der Waals surface area contributed by atoms with E-state index in [0.29, 0.717) is 0 Å². The van der Waals surface area contributed by atoms with Gasteiger partial charge in [-0.3, -0.25) is 9.35 Å². The standard InChI is InChI=1S/C32H61NO5S/c1-3-5-7-9-11-13-14-15-16-17-18-20-22-24-26-28-32(35)33-30(29-39(36,37)38)31(34)27-25-23-21-19-12-10-8-6-4-2/h15-16,25,27,30-31,34H,3-14,17-24,26,28-29H2,1-2H3,(H,33,35)(H,36,37,38)/b16-15-,27-25+. The second-order valence-corrected chi connectivity index (χ2v) is 12.6. The number of rotatable bonds is 28. The van der Waals surface area contributed by atoms with Crippen molar-refractivity contribution < 1.29 is 22.9 Å². The molecule has 0 saturated carbocycles. The number of hydrogen-bond donors (Lipinski definition) is 3. The number of carbonyl (C=O) groups excluding carboxylic acids is 1. The van der Waals surface area contributed by atoms with Crippen LogP contribution in [-0.4, -0.2) is 41.9 Å². The molecule has 7 heteroatoms. The van der Waals surface area contributed by atoms with Crippen molar-refractivity contribution in [3.8, 4) is 0 Å². The van der Waals surface area contributed by atoms with Gasteiger partial charge in [-0.15, -0.1) is 0 Å². The average molecular weight is 572 g/mol. The molecule has 0 aliphatic carbocycles. The monoisotopic (exact) mass is 571 g/mol. The molecular formula is C32H61NO5S. The van der Waals surface area contributed by atoms with E-state index < -0.39 is 28.0 Å². The van der Waals surface area contributed by atoms with Crippen LogP contribution in [0.15, 0.2) is 24.3 Å². The van der Waals surface area contributed by atoms with Crippen LogP contribution in [0.4, 0.5) is 0 Å². The summed E-state index contributed by atoms with van der Waals surface area (Å²) in [4.78, 5) is 12.4. The maximum atomic E-state index is 12.4. The zero-order chi connectivity index (χ0) is 29.0. The number of hydrogen-bond acceptors (Lipinski definition) is 4. The highest BCUT2D eigenvalue weighted by Gasteiger charge is 2.24. The molecule has 3 N–H and O–H groups in total. The Labute approximate surface area is 241 Å². The van der Waals surface area contributed by atoms with Gasteiger partial charge in [-0.05, 0) is 44.9 Å². The third kappa shape index (κ3) is 28.2. The minimum Gasteiger partial charge on any atom is -0.387 e. The SMILES string of the molecule is CCCCCCCC/C=C\CCCCCCCC(=O)NC(CS(=O)(=O)O)C(O)/C=C/CCCCCCCCC. The van der Waals surface area contributed by atoms with Crippen LogP contribution < -0.4 is 5.32 Å². The van der Waals surface area contributed by atoms with Crippen LogP contribution in [0, 0.1) is 0 Å². The Hall–Kier alpha value is -1.18. The summed E-state index contributed by atoms with van der Waals surface area (Å²) in [5.74, 6) is -0.991. The molecule has 39 heavy (non-hydrogen) atoms. The summed E-state index contributed by atoms with van der Waals surface area (Å²) in [5, 5.41) is 13.1. The average Bonchev–Trinajstić information content (AvgIpc) is 2.88. The van der Waals surface area contributed by atoms with Crippen LogP contribution in [0.3, 0.4) is 0 Å². The first-order chi connectivity index (χ1) is 18.8. The van der Waals surface area contributed by atoms with Crippen molar-refractivity contribution in [2.45, 2.75) is 167 Å². The maximum absolute atomic E-state index is 12.4. The summed E-state index contributed by atoms with van der Waals surface area (Å²) in [6.07, 6.45) is 31.6. The van der Waals surface area contributed by atoms with Crippen molar-refractivity contribution in [2.75, 3.05) is 5.75 Å². The van der Waals surface area contributed by atoms with E-state index in [-0.39, 0.29) is 12.3 Å². The second kappa shape index (κ2) is 27.0. The van der Waals surface area contributed by atoms with Crippen LogP contribution in [0.2, 0.25) is 0 Å². The predicted octanol–water partition coefficient (Wildman–Crippen LogP) is 8.45. The van der Waals surface area contributed by atoms with Gasteiger partial charge < -0.3 is 10.4 Å². The van der Waals surface area contributed by atoms with Crippen LogP contribution in [-0.2, 0) is 14.9 Å². The van der Waals surface area contributed by atoms with Gasteiger partial charge in [0.1, 0.15) is 0 Å². The smallest absolute Gasteiger partial charge is 0.267 e. The lowest BCUT2D eigenvalue weighted by atomic mass is 10.1. The summed E-state index contributed by atoms with van der Waals surface area (Å²) in [5.41, 5.74) is 0. The zero-order valence-corrected chi connectivity index (χ0v) is 26.1. The molecule has 0 aliphatic heterocycles. The molecule has 0 aromatic carbocycles. The first-order valence-corrected chi connectivity index (χ1v) is 17.6. The van der Waals surface area contributed by atoms with Crippen LogP contribution in [0.25, 0.3) is 0 Å². The summed E-state index contributed by atoms with van der Waals surface area (Å²) in [7, 11) is -4.33. The number of allylic oxidation sites excluding steroid dienone is 3. The van der Waals surface area contributed by atoms with E-state index in [0.717, 1.165) is 57.8 Å². The summed E-state index contributed by atoms with van der Waals surface area (Å²) in [6, 6.07) is -1.05. The van der Waals surface area contributed by atoms with E-state index in [1.54, 1.807) is 0 Å². The molecule has 6 nitrogen and oxygen atoms in total. The summed E-state index contributed by atoms with van der Waals surface area (Å²) < 4.78 is 32.1. The van der Waals surface area contributed by atoms with Gasteiger partial charge in [0.25, 0.3) is 10.1 Å². The van der Waals surface area contributed by atoms with Gasteiger partial charge in [0, 0.05) is 6.42 Å². The van der Waals surface area contributed by atoms with E-state index in [9.17, 15) is 22.9 Å². The van der Waals surface area contributed by atoms with E-state index in [4.69, 9.17) is 0 Å². The molecule has 2 unspecified atom stereocenters. The van der Waals surface area contributed by atoms with Crippen molar-refractivity contribution in [1.82, 2.24) is 5.32 Å². The van der Waals surface area contributed by atoms with Gasteiger partial charge in [-0.25, -0.2) is 0 Å². The topological polar surface area (TPSA) is 104 Å². The minimum atomic E-state index is -4.33. The van der Waals surface area contributed by atoms with Crippen molar-refractivity contribution >= 4 is 16.0 Å². The molecule has 0 spiro atoms. The quantitative estimate of drug-likeness (QED) is 0.0496. The lowest BCUT2D eigenvalue weighted by molar-refractivity contribution is -0.122. The second-order valence-electron chi connectivity index (χ2n) is 11.1. The molecule has 1 amide bonds. The molecule has 0 radical (unpaired) electrons. The summed E-state index contributed by atoms with van der Waals surface area (Å²) in [6.45, 7) is 4.45. The molecule has 230 valence electrons. The first-order valence-electron chi connectivity index (χ1n) is 16.0. The van der Waals surface area contributed by atoms with E-state index in [2.05, 4.69) is 31.3 Å². The molecule has 2 atom stereocenters. The highest BCUT2D eigenvalue weighted by atomic mass is 32.2. The largest absolute Gasteiger partial charge is 0.387 e. The zero-order valence-electron chi connectivity index (χ0n) is 25.3. The Morgan fingerprint density at radius 1 is 0.667 bits per heavy atom. The molecule has 0 aromatic heterocycles. The fourth-order valence-electron chi connectivity index (χ4n) is 4.68. The third-order valence-corrected chi connectivity index (χ3v) is 7.90. The fraction of sp³-hybridized carbons (Fsp3) is 0.844. The molecule has 0 bridgehead atoms. The lowest BCUT2D eigenvalue weighted by Crippen LogP contribution is -2.46. The fourth-order valence-corrected chi connectivity index (χ4v) is 5.41. The maximum Gasteiger partial charge on any atom is 0.267 e. The van der Waals surface area contributed by atoms with Crippen molar-refractivity contribution in [3.63, 3.8) is 0 Å². The molecule has 0 heterocycles. The molecular weight excluding hydrogens is 510 g/mol. The molecule has 0 aromatic rings. The number of unbranched alkanes of at least 4 members (excludes halogenated alkanes) is 18. The van der Waals surface area contributed by atoms with Crippen molar-refractivity contribution in [3.05, 3.63) is 24.3 Å². The van der Waals surface area contributed by atoms with Gasteiger partial charge in [-0.1, -0.05) is 128 Å². The third-order valence-electron chi connectivity index (χ3n) is 7.12. The minimum absolute atomic E-state index is 0.286. The molecule has 0 aliphatic rings. The van der Waals surface area contributed by atoms with Crippen molar-refractivity contribution in [1.29, 1.82) is 0 Å². The van der Waals surface area contributed by atoms with Gasteiger partial charge >= 0.3 is 0 Å². The molecule has 0 fully saturated rings. The highest BCUT2D eigenvalue weighted by molar-refractivity contribution is 7.85. The van der Waals surface area contributed by atoms with E-state index in [1.807, 2.05) is 6.08 Å². The van der Waals surface area contributed by atoms with E-state index >= 15 is 0 Å². The number of aliphatic hydroxyl groups excluding tert-OH is 1. The van der Waals surface area contributed by atoms with Gasteiger partial charge in [0.05, 0.1) is 17.9 Å². The highest BCUT2D eigenvalue weighted by Crippen LogP contribution is 2.12. The van der Waals surface area contributed by atoms with Gasteiger partial charge in [-0.2, -0.15) is 8.42 Å². The Kier molecular flexibility index (Phi) is 26.2. The summed E-state index contributed by atoms with van der Waals surface area (Å²) >= 11 is 0. The van der Waals surface area contributed by atoms with Crippen molar-refractivity contribution in [2.24, 2.45) is 0 Å². The Morgan fingerprint density at radius 3 is 1.54 bits per heavy atom. The predicted molar refractivity (Wildman–Crippen MR) is 166 cm³/mol. The van der Waals surface area contributed by atoms with Crippen LogP contribution in [0.1, 0.15) is 155 Å². The Morgan fingerprint density at radius 2 is 1.08 bits per heavy atom. The number of aliphatic hydroxyl groups is 1. The van der Waals surface area contributed by atoms with Crippen LogP contribution >= 0.6 is 0 Å². The molecule has 0 rings (SSSR count). The van der Waals surface area contributed by atoms with Gasteiger partial charge in [0.2, 0.25) is 5.91 Å². The Bertz CT molecular complexity index is 720. The van der Waals surface area contributed by atoms with E-state index in [1.165, 1.54) is 83.1 Å². The lowest BCUT2D eigenvalue weighted by Gasteiger charge is -2.21. The number of carbonyl (C=O) groups is 1. The normalized spacial score (nSPS) is 13.8.